The van der Waals surface area contributed by atoms with Gasteiger partial charge in [-0.05, 0) is 74.5 Å². The van der Waals surface area contributed by atoms with Gasteiger partial charge in [0.25, 0.3) is 0 Å². The summed E-state index contributed by atoms with van der Waals surface area (Å²) in [6.45, 7) is 1.77. The highest BCUT2D eigenvalue weighted by Gasteiger charge is 2.24. The average Bonchev–Trinajstić information content (AvgIpc) is 3.95. The highest BCUT2D eigenvalue weighted by Crippen LogP contribution is 2.31. The summed E-state index contributed by atoms with van der Waals surface area (Å²) in [6.07, 6.45) is 12.9. The molecule has 3 heterocycles. The Labute approximate surface area is 241 Å². The van der Waals surface area contributed by atoms with Gasteiger partial charge in [-0.25, -0.2) is 14.4 Å². The second kappa shape index (κ2) is 15.9. The van der Waals surface area contributed by atoms with Crippen molar-refractivity contribution in [3.8, 4) is 0 Å². The molecule has 0 bridgehead atoms. The topological polar surface area (TPSA) is 143 Å². The molecule has 0 atom stereocenters. The number of nitrogens with zero attached hydrogens (tertiary/aromatic N) is 5. The van der Waals surface area contributed by atoms with E-state index < -0.39 is 5.97 Å². The van der Waals surface area contributed by atoms with Crippen LogP contribution in [-0.2, 0) is 27.3 Å². The summed E-state index contributed by atoms with van der Waals surface area (Å²) < 4.78 is 17.1. The van der Waals surface area contributed by atoms with Crippen LogP contribution >= 0.6 is 15.9 Å². The normalized spacial score (nSPS) is 15.2. The number of carbonyl (C=O) groups excluding carboxylic acids is 3. The van der Waals surface area contributed by atoms with Crippen LogP contribution in [0.25, 0.3) is 0 Å². The summed E-state index contributed by atoms with van der Waals surface area (Å²) in [6, 6.07) is 4.92. The zero-order valence-electron chi connectivity index (χ0n) is 23.1. The van der Waals surface area contributed by atoms with Crippen LogP contribution < -0.4 is 0 Å². The van der Waals surface area contributed by atoms with Gasteiger partial charge in [0.05, 0.1) is 21.3 Å². The van der Waals surface area contributed by atoms with Crippen LogP contribution in [0.5, 0.6) is 0 Å². The van der Waals surface area contributed by atoms with Crippen LogP contribution in [0.15, 0.2) is 36.8 Å². The van der Waals surface area contributed by atoms with E-state index in [1.54, 1.807) is 29.1 Å². The lowest BCUT2D eigenvalue weighted by Gasteiger charge is -2.03. The molecule has 3 aliphatic carbocycles. The molecule has 0 amide bonds. The molecule has 0 radical (unpaired) electrons. The second-order valence-electron chi connectivity index (χ2n) is 9.75. The highest BCUT2D eigenvalue weighted by atomic mass is 79.9. The summed E-state index contributed by atoms with van der Waals surface area (Å²) >= 11 is 3.38. The largest absolute Gasteiger partial charge is 0.464 e. The van der Waals surface area contributed by atoms with Gasteiger partial charge in [0.15, 0.2) is 5.69 Å². The molecule has 3 saturated carbocycles. The summed E-state index contributed by atoms with van der Waals surface area (Å²) in [5.41, 5.74) is 1.31. The van der Waals surface area contributed by atoms with Crippen molar-refractivity contribution >= 4 is 33.8 Å². The molecule has 0 aromatic carbocycles. The fourth-order valence-electron chi connectivity index (χ4n) is 3.29. The van der Waals surface area contributed by atoms with Crippen molar-refractivity contribution in [3.63, 3.8) is 0 Å². The standard InChI is InChI=1S/2C9H12N2O2.C5H6N2O2.C4H7Br/c1-13-9(12)8-4-5-11(10-8)6-7-2-3-7;1-13-9(12)8-4-5-10-11(8)6-7-2-3-7;1-9-5(8)4-2-3-6-7-4;5-3-4-1-2-4/h2*4-5,7H,2-3,6H2,1H3;2-3H,1H3,(H,6,7);4H,1-3H2. The summed E-state index contributed by atoms with van der Waals surface area (Å²) in [4.78, 5) is 32.8. The highest BCUT2D eigenvalue weighted by molar-refractivity contribution is 9.09. The van der Waals surface area contributed by atoms with Crippen molar-refractivity contribution in [1.82, 2.24) is 29.8 Å². The molecule has 0 aliphatic heterocycles. The summed E-state index contributed by atoms with van der Waals surface area (Å²) in [5.74, 6) is 1.46. The van der Waals surface area contributed by atoms with Crippen LogP contribution in [0.3, 0.4) is 0 Å². The molecule has 0 saturated heterocycles. The molecular formula is C27H37BrN6O6. The molecule has 13 heteroatoms. The fraction of sp³-hybridized carbons (Fsp3) is 0.556. The minimum atomic E-state index is -0.396. The first-order chi connectivity index (χ1) is 19.4. The first-order valence-corrected chi connectivity index (χ1v) is 14.4. The Balaban J connectivity index is 0.000000154. The minimum absolute atomic E-state index is 0.307. The van der Waals surface area contributed by atoms with E-state index in [1.807, 2.05) is 10.9 Å². The zero-order chi connectivity index (χ0) is 28.9. The molecule has 40 heavy (non-hydrogen) atoms. The second-order valence-corrected chi connectivity index (χ2v) is 10.4. The van der Waals surface area contributed by atoms with Crippen LogP contribution in [0, 0.1) is 17.8 Å². The van der Waals surface area contributed by atoms with Crippen molar-refractivity contribution < 1.29 is 28.6 Å². The summed E-state index contributed by atoms with van der Waals surface area (Å²) in [5, 5.41) is 15.4. The van der Waals surface area contributed by atoms with Gasteiger partial charge in [-0.2, -0.15) is 15.3 Å². The number of H-pyrrole nitrogens is 1. The van der Waals surface area contributed by atoms with Gasteiger partial charge in [-0.3, -0.25) is 14.5 Å². The Bertz CT molecular complexity index is 1200. The molecule has 3 aliphatic rings. The van der Waals surface area contributed by atoms with Crippen molar-refractivity contribution in [1.29, 1.82) is 0 Å². The minimum Gasteiger partial charge on any atom is -0.464 e. The van der Waals surface area contributed by atoms with E-state index in [-0.39, 0.29) is 11.9 Å². The lowest BCUT2D eigenvalue weighted by atomic mass is 10.4. The molecule has 0 spiro atoms. The van der Waals surface area contributed by atoms with Crippen LogP contribution in [0.1, 0.15) is 70.0 Å². The van der Waals surface area contributed by atoms with Crippen molar-refractivity contribution in [2.75, 3.05) is 26.7 Å². The number of halogens is 1. The average molecular weight is 622 g/mol. The predicted octanol–water partition coefficient (Wildman–Crippen LogP) is 4.15. The first-order valence-electron chi connectivity index (χ1n) is 13.2. The van der Waals surface area contributed by atoms with Gasteiger partial charge in [0.1, 0.15) is 11.4 Å². The van der Waals surface area contributed by atoms with Gasteiger partial charge >= 0.3 is 17.9 Å². The van der Waals surface area contributed by atoms with Gasteiger partial charge in [-0.1, -0.05) is 15.9 Å². The smallest absolute Gasteiger partial charge is 0.358 e. The van der Waals surface area contributed by atoms with Gasteiger partial charge < -0.3 is 14.2 Å². The number of methoxy groups -OCH3 is 3. The van der Waals surface area contributed by atoms with E-state index in [0.29, 0.717) is 23.0 Å². The van der Waals surface area contributed by atoms with E-state index in [9.17, 15) is 14.4 Å². The third-order valence-corrected chi connectivity index (χ3v) is 7.15. The number of nitrogens with one attached hydrogen (secondary N) is 1. The number of carbonyl (C=O) groups is 3. The van der Waals surface area contributed by atoms with Crippen molar-refractivity contribution in [2.45, 2.75) is 51.6 Å². The number of hydrogen-bond acceptors (Lipinski definition) is 9. The third kappa shape index (κ3) is 10.9. The maximum Gasteiger partial charge on any atom is 0.358 e. The zero-order valence-corrected chi connectivity index (χ0v) is 24.7. The van der Waals surface area contributed by atoms with Crippen LogP contribution in [0.2, 0.25) is 0 Å². The molecule has 0 unspecified atom stereocenters. The van der Waals surface area contributed by atoms with Crippen molar-refractivity contribution in [2.24, 2.45) is 17.8 Å². The van der Waals surface area contributed by atoms with E-state index in [2.05, 4.69) is 50.5 Å². The maximum atomic E-state index is 11.2. The number of esters is 3. The number of aromatic amines is 1. The third-order valence-electron chi connectivity index (χ3n) is 6.24. The Hall–Kier alpha value is -3.48. The Morgan fingerprint density at radius 1 is 0.850 bits per heavy atom. The molecule has 3 fully saturated rings. The van der Waals surface area contributed by atoms with E-state index >= 15 is 0 Å². The predicted molar refractivity (Wildman–Crippen MR) is 149 cm³/mol. The lowest BCUT2D eigenvalue weighted by Crippen LogP contribution is -2.12. The first kappa shape index (κ1) is 31.1. The Morgan fingerprint density at radius 2 is 1.48 bits per heavy atom. The van der Waals surface area contributed by atoms with E-state index in [1.165, 1.54) is 71.4 Å². The molecule has 12 nitrogen and oxygen atoms in total. The van der Waals surface area contributed by atoms with Crippen LogP contribution in [0.4, 0.5) is 0 Å². The molecule has 218 valence electrons. The molecule has 3 aromatic heterocycles. The monoisotopic (exact) mass is 620 g/mol. The number of ether oxygens (including phenoxy) is 3. The maximum absolute atomic E-state index is 11.2. The molecule has 1 N–H and O–H groups in total. The SMILES string of the molecule is BrCC1CC1.COC(=O)c1ccn(CC2CC2)n1.COC(=O)c1ccn[nH]1.COC(=O)c1ccnn1CC1CC1. The summed E-state index contributed by atoms with van der Waals surface area (Å²) in [7, 11) is 4.07. The van der Waals surface area contributed by atoms with Gasteiger partial charge in [0, 0.05) is 37.0 Å². The van der Waals surface area contributed by atoms with Gasteiger partial charge in [0.2, 0.25) is 0 Å². The van der Waals surface area contributed by atoms with Gasteiger partial charge in [-0.15, -0.1) is 0 Å². The quantitative estimate of drug-likeness (QED) is 0.223. The Morgan fingerprint density at radius 3 is 1.98 bits per heavy atom. The molecule has 6 rings (SSSR count). The fourth-order valence-corrected chi connectivity index (χ4v) is 3.94. The number of rotatable bonds is 8. The van der Waals surface area contributed by atoms with Crippen molar-refractivity contribution in [3.05, 3.63) is 53.9 Å². The number of aromatic nitrogens is 6. The van der Waals surface area contributed by atoms with Crippen LogP contribution in [-0.4, -0.2) is 74.3 Å². The molecule has 3 aromatic rings. The number of hydrogen-bond donors (Lipinski definition) is 1. The Kier molecular flexibility index (Phi) is 12.4. The lowest BCUT2D eigenvalue weighted by molar-refractivity contribution is 0.0579. The number of alkyl halides is 1. The van der Waals surface area contributed by atoms with E-state index in [4.69, 9.17) is 0 Å². The molecular weight excluding hydrogens is 584 g/mol. The van der Waals surface area contributed by atoms with E-state index in [0.717, 1.165) is 24.9 Å².